The van der Waals surface area contributed by atoms with E-state index in [1.54, 1.807) is 11.1 Å². The maximum Gasteiger partial charge on any atom is 0.144 e. The SMILES string of the molecule is CCCCCCCC1(CCCCCCC)c2ccccc2-c2ccc(-c3ccc4c(c3)C(C)(C)C3=CC(c5ccc(CC(c6ccc7c(c6)C(C)(C)c6c8c(c9oc%10ccccc%10c9c6-7)-c6ccccc6C8(C)C)c6ccc7c(c6)C(CCCCCCC)(CCCCCCC)c6cc(-c8ccccc8)c8oc9ccccc9c8c6-7)cc5)CC=C34)cc21. The van der Waals surface area contributed by atoms with Gasteiger partial charge in [-0.15, -0.1) is 0 Å². The monoisotopic (exact) mass is 1580 g/mol. The van der Waals surface area contributed by atoms with Gasteiger partial charge >= 0.3 is 0 Å². The van der Waals surface area contributed by atoms with Gasteiger partial charge in [-0.05, 0) is 214 Å². The minimum atomic E-state index is -0.341. The Morgan fingerprint density at radius 3 is 1.40 bits per heavy atom. The molecule has 14 aromatic rings. The summed E-state index contributed by atoms with van der Waals surface area (Å²) in [5.41, 5.74) is 42.3. The molecule has 0 saturated heterocycles. The van der Waals surface area contributed by atoms with Gasteiger partial charge in [-0.3, -0.25) is 0 Å². The molecule has 0 amide bonds. The van der Waals surface area contributed by atoms with Crippen molar-refractivity contribution in [3.63, 3.8) is 0 Å². The molecule has 0 bridgehead atoms. The molecule has 2 unspecified atom stereocenters. The van der Waals surface area contributed by atoms with Crippen LogP contribution in [0.25, 0.3) is 116 Å². The molecule has 2 aromatic heterocycles. The Morgan fingerprint density at radius 2 is 0.785 bits per heavy atom. The van der Waals surface area contributed by atoms with Crippen molar-refractivity contribution < 1.29 is 8.83 Å². The average Bonchev–Trinajstić information content (AvgIpc) is 1.50. The summed E-state index contributed by atoms with van der Waals surface area (Å²) >= 11 is 0. The Labute approximate surface area is 721 Å². The Kier molecular flexibility index (Phi) is 20.9. The first-order chi connectivity index (χ1) is 59.1. The van der Waals surface area contributed by atoms with E-state index in [-0.39, 0.29) is 38.9 Å². The quantitative estimate of drug-likeness (QED) is 0.0405. The first-order valence-electron chi connectivity index (χ1n) is 47.5. The topological polar surface area (TPSA) is 26.3 Å². The van der Waals surface area contributed by atoms with Gasteiger partial charge in [0.15, 0.2) is 0 Å². The number of para-hydroxylation sites is 2. The molecule has 20 rings (SSSR count). The summed E-state index contributed by atoms with van der Waals surface area (Å²) in [6.45, 7) is 24.4. The van der Waals surface area contributed by atoms with Crippen LogP contribution in [0.3, 0.4) is 0 Å². The lowest BCUT2D eigenvalue weighted by molar-refractivity contribution is 0.398. The minimum absolute atomic E-state index is 0.0357. The number of hydrogen-bond acceptors (Lipinski definition) is 2. The van der Waals surface area contributed by atoms with Crippen molar-refractivity contribution in [1.82, 2.24) is 0 Å². The molecule has 2 atom stereocenters. The van der Waals surface area contributed by atoms with Crippen LogP contribution in [0.2, 0.25) is 0 Å². The van der Waals surface area contributed by atoms with Crippen molar-refractivity contribution in [1.29, 1.82) is 0 Å². The zero-order valence-corrected chi connectivity index (χ0v) is 73.9. The Bertz CT molecular complexity index is 6350. The van der Waals surface area contributed by atoms with Crippen LogP contribution >= 0.6 is 0 Å². The van der Waals surface area contributed by atoms with E-state index in [0.717, 1.165) is 48.0 Å². The van der Waals surface area contributed by atoms with Gasteiger partial charge in [0.2, 0.25) is 0 Å². The summed E-state index contributed by atoms with van der Waals surface area (Å²) in [6, 6.07) is 91.2. The molecule has 0 aliphatic heterocycles. The van der Waals surface area contributed by atoms with E-state index in [9.17, 15) is 0 Å². The summed E-state index contributed by atoms with van der Waals surface area (Å²) in [5, 5.41) is 4.93. The predicted octanol–water partition coefficient (Wildman–Crippen LogP) is 34.6. The first-order valence-corrected chi connectivity index (χ1v) is 47.5. The van der Waals surface area contributed by atoms with Gasteiger partial charge in [-0.1, -0.05) is 410 Å². The van der Waals surface area contributed by atoms with Gasteiger partial charge in [0, 0.05) is 71.6 Å². The summed E-state index contributed by atoms with van der Waals surface area (Å²) in [6.07, 6.45) is 37.3. The highest BCUT2D eigenvalue weighted by Crippen LogP contribution is 2.66. The number of hydrogen-bond donors (Lipinski definition) is 0. The van der Waals surface area contributed by atoms with Crippen LogP contribution < -0.4 is 0 Å². The first kappa shape index (κ1) is 79.2. The Morgan fingerprint density at radius 1 is 0.331 bits per heavy atom. The average molecular weight is 1590 g/mol. The molecule has 0 spiro atoms. The zero-order valence-electron chi connectivity index (χ0n) is 73.9. The van der Waals surface area contributed by atoms with E-state index in [4.69, 9.17) is 8.83 Å². The second-order valence-corrected chi connectivity index (χ2v) is 39.3. The lowest BCUT2D eigenvalue weighted by Gasteiger charge is -2.34. The van der Waals surface area contributed by atoms with Crippen LogP contribution in [0.4, 0.5) is 0 Å². The fourth-order valence-electron chi connectivity index (χ4n) is 24.7. The van der Waals surface area contributed by atoms with Gasteiger partial charge in [-0.25, -0.2) is 0 Å². The number of unbranched alkanes of at least 4 members (excludes halogenated alkanes) is 16. The number of rotatable bonds is 31. The second kappa shape index (κ2) is 31.9. The molecule has 6 aliphatic rings. The molecule has 612 valence electrons. The van der Waals surface area contributed by atoms with E-state index >= 15 is 0 Å². The predicted molar refractivity (Wildman–Crippen MR) is 514 cm³/mol. The fraction of sp³-hybridized carbons (Fsp3) is 0.361. The highest BCUT2D eigenvalue weighted by Gasteiger charge is 2.51. The molecule has 2 heterocycles. The van der Waals surface area contributed by atoms with E-state index < -0.39 is 0 Å². The Hall–Kier alpha value is -10.3. The van der Waals surface area contributed by atoms with Crippen molar-refractivity contribution in [2.45, 2.75) is 275 Å². The Balaban J connectivity index is 0.692. The highest BCUT2D eigenvalue weighted by atomic mass is 16.3. The molecule has 0 fully saturated rings. The van der Waals surface area contributed by atoms with Crippen LogP contribution in [0, 0.1) is 0 Å². The van der Waals surface area contributed by atoms with Crippen molar-refractivity contribution in [2.24, 2.45) is 0 Å². The van der Waals surface area contributed by atoms with Crippen molar-refractivity contribution in [3.8, 4) is 66.8 Å². The van der Waals surface area contributed by atoms with E-state index in [0.29, 0.717) is 0 Å². The standard InChI is InChI=1S/C119H124O2/c1-11-15-19-23-38-66-118(67-39-24-20-16-12-2)97-49-35-30-44-85(97)88-63-58-82(73-101(88)118)81-57-62-87-86-61-56-80(71-98(86)115(5,6)99(87)72-81)78-54-52-77(53-55-78)70-94(83-59-64-90-100(74-83)117(9,10)111-107(90)109-93-47-33-37-51-105(93)121-114(109)110-89-45-31-34-48-96(89)116(7,8)112(110)111)84-60-65-91-102(75-84)119(68-40-25-21-17-13-3,69-41-26-22-18-14-4)103-76-95(79-42-28-27-29-43-79)113-108(106(91)103)92-46-32-36-50-104(92)120-113/h27-37,42-55,57-65,71-76,80,94H,11-26,38-41,56,66-70H2,1-10H3. The minimum Gasteiger partial charge on any atom is -0.455 e. The van der Waals surface area contributed by atoms with Crippen LogP contribution in [0.15, 0.2) is 257 Å². The van der Waals surface area contributed by atoms with Gasteiger partial charge in [-0.2, -0.15) is 0 Å². The van der Waals surface area contributed by atoms with E-state index in [2.05, 4.69) is 312 Å². The van der Waals surface area contributed by atoms with Crippen LogP contribution in [-0.2, 0) is 33.5 Å². The van der Waals surface area contributed by atoms with Gasteiger partial charge in [0.1, 0.15) is 22.3 Å². The molecule has 121 heavy (non-hydrogen) atoms. The van der Waals surface area contributed by atoms with Crippen LogP contribution in [-0.4, -0.2) is 0 Å². The lowest BCUT2D eigenvalue weighted by atomic mass is 9.69. The molecule has 2 nitrogen and oxygen atoms in total. The smallest absolute Gasteiger partial charge is 0.144 e. The third kappa shape index (κ3) is 13.0. The second-order valence-electron chi connectivity index (χ2n) is 39.3. The molecule has 0 radical (unpaired) electrons. The van der Waals surface area contributed by atoms with Gasteiger partial charge in [0.25, 0.3) is 0 Å². The number of furan rings is 2. The van der Waals surface area contributed by atoms with Crippen LogP contribution in [0.5, 0.6) is 0 Å². The highest BCUT2D eigenvalue weighted by molar-refractivity contribution is 6.21. The summed E-state index contributed by atoms with van der Waals surface area (Å²) in [7, 11) is 0. The van der Waals surface area contributed by atoms with E-state index in [1.807, 2.05) is 0 Å². The summed E-state index contributed by atoms with van der Waals surface area (Å²) in [5.74, 6) is 0.302. The number of allylic oxidation sites excluding steroid dienone is 4. The molecule has 0 saturated carbocycles. The zero-order chi connectivity index (χ0) is 82.5. The van der Waals surface area contributed by atoms with Gasteiger partial charge < -0.3 is 8.83 Å². The third-order valence-corrected chi connectivity index (χ3v) is 31.0. The number of fused-ring (bicyclic) bond motifs is 25. The fourth-order valence-corrected chi connectivity index (χ4v) is 24.7. The van der Waals surface area contributed by atoms with Crippen molar-refractivity contribution >= 4 is 49.5 Å². The van der Waals surface area contributed by atoms with Crippen molar-refractivity contribution in [2.75, 3.05) is 0 Å². The summed E-state index contributed by atoms with van der Waals surface area (Å²) < 4.78 is 14.4. The summed E-state index contributed by atoms with van der Waals surface area (Å²) in [4.78, 5) is 0. The van der Waals surface area contributed by atoms with Crippen LogP contribution in [0.1, 0.15) is 319 Å². The molecule has 0 N–H and O–H groups in total. The largest absolute Gasteiger partial charge is 0.455 e. The molecular formula is C119H124O2. The normalized spacial score (nSPS) is 16.8. The number of benzene rings is 12. The maximum atomic E-state index is 7.21. The molecule has 6 aliphatic carbocycles. The molecule has 12 aromatic carbocycles. The lowest BCUT2D eigenvalue weighted by Crippen LogP contribution is -2.26. The van der Waals surface area contributed by atoms with E-state index in [1.165, 1.54) is 307 Å². The van der Waals surface area contributed by atoms with Crippen molar-refractivity contribution in [3.05, 3.63) is 326 Å². The van der Waals surface area contributed by atoms with Gasteiger partial charge in [0.05, 0.1) is 0 Å². The molecular weight excluding hydrogens is 1460 g/mol. The maximum absolute atomic E-state index is 7.21. The third-order valence-electron chi connectivity index (χ3n) is 31.0. The molecule has 2 heteroatoms.